The van der Waals surface area contributed by atoms with Crippen molar-refractivity contribution >= 4 is 5.78 Å². The van der Waals surface area contributed by atoms with Gasteiger partial charge in [-0.05, 0) is 0 Å². The molecule has 0 saturated carbocycles. The maximum atomic E-state index is 11.5. The van der Waals surface area contributed by atoms with Crippen LogP contribution in [-0.4, -0.2) is 49.6 Å². The Morgan fingerprint density at radius 2 is 2.00 bits per heavy atom. The number of rotatable bonds is 4. The fourth-order valence-electron chi connectivity index (χ4n) is 1.58. The van der Waals surface area contributed by atoms with Gasteiger partial charge in [0.15, 0.2) is 5.78 Å². The van der Waals surface area contributed by atoms with Crippen LogP contribution in [0, 0.1) is 5.92 Å². The fraction of sp³-hybridized carbons (Fsp3) is 0.900. The van der Waals surface area contributed by atoms with Crippen LogP contribution in [0.15, 0.2) is 0 Å². The van der Waals surface area contributed by atoms with Gasteiger partial charge in [-0.1, -0.05) is 13.8 Å². The van der Waals surface area contributed by atoms with Gasteiger partial charge in [-0.25, -0.2) is 0 Å². The van der Waals surface area contributed by atoms with Crippen molar-refractivity contribution in [3.05, 3.63) is 0 Å². The molecule has 1 unspecified atom stereocenters. The molecule has 82 valence electrons. The van der Waals surface area contributed by atoms with Crippen LogP contribution in [0.3, 0.4) is 0 Å². The molecule has 1 rings (SSSR count). The number of Topliss-reactive ketones (excluding diaryl/α,β-unsaturated/α-hetero) is 1. The van der Waals surface area contributed by atoms with E-state index in [2.05, 4.69) is 4.90 Å². The Balaban J connectivity index is 2.31. The molecule has 1 fully saturated rings. The first kappa shape index (κ1) is 11.6. The second-order valence-electron chi connectivity index (χ2n) is 4.08. The number of hydrogen-bond donors (Lipinski definition) is 1. The number of carbonyl (C=O) groups excluding carboxylic acids is 1. The minimum absolute atomic E-state index is 0.0334. The number of morpholine rings is 1. The Morgan fingerprint density at radius 1 is 1.43 bits per heavy atom. The minimum atomic E-state index is -0.340. The zero-order chi connectivity index (χ0) is 10.6. The summed E-state index contributed by atoms with van der Waals surface area (Å²) in [4.78, 5) is 13.7. The van der Waals surface area contributed by atoms with E-state index in [1.807, 2.05) is 13.8 Å². The third kappa shape index (κ3) is 3.36. The van der Waals surface area contributed by atoms with E-state index in [1.54, 1.807) is 0 Å². The molecule has 1 saturated heterocycles. The lowest BCUT2D eigenvalue weighted by Crippen LogP contribution is -2.47. The summed E-state index contributed by atoms with van der Waals surface area (Å²) in [6.07, 6.45) is 0. The summed E-state index contributed by atoms with van der Waals surface area (Å²) in [5.41, 5.74) is 5.82. The average molecular weight is 200 g/mol. The van der Waals surface area contributed by atoms with Crippen LogP contribution in [0.2, 0.25) is 0 Å². The summed E-state index contributed by atoms with van der Waals surface area (Å²) >= 11 is 0. The van der Waals surface area contributed by atoms with Gasteiger partial charge in [0.2, 0.25) is 0 Å². The van der Waals surface area contributed by atoms with Gasteiger partial charge in [0.25, 0.3) is 0 Å². The highest BCUT2D eigenvalue weighted by Crippen LogP contribution is 2.02. The molecule has 1 atom stereocenters. The van der Waals surface area contributed by atoms with Gasteiger partial charge in [-0.15, -0.1) is 0 Å². The van der Waals surface area contributed by atoms with E-state index in [-0.39, 0.29) is 17.7 Å². The molecule has 1 aliphatic heterocycles. The van der Waals surface area contributed by atoms with Gasteiger partial charge >= 0.3 is 0 Å². The van der Waals surface area contributed by atoms with E-state index in [0.29, 0.717) is 6.54 Å². The summed E-state index contributed by atoms with van der Waals surface area (Å²) in [7, 11) is 0. The lowest BCUT2D eigenvalue weighted by atomic mass is 10.0. The van der Waals surface area contributed by atoms with E-state index in [0.717, 1.165) is 26.3 Å². The first-order chi connectivity index (χ1) is 6.61. The third-order valence-electron chi connectivity index (χ3n) is 2.49. The summed E-state index contributed by atoms with van der Waals surface area (Å²) in [5, 5.41) is 0. The Bertz CT molecular complexity index is 189. The topological polar surface area (TPSA) is 55.6 Å². The van der Waals surface area contributed by atoms with Crippen LogP contribution in [0.5, 0.6) is 0 Å². The molecule has 0 bridgehead atoms. The Morgan fingerprint density at radius 3 is 2.50 bits per heavy atom. The molecule has 0 radical (unpaired) electrons. The standard InChI is InChI=1S/C10H20N2O2/c1-8(2)10(13)9(11)7-12-3-5-14-6-4-12/h8-9H,3-7,11H2,1-2H3. The predicted octanol–water partition coefficient (Wildman–Crippen LogP) is -0.129. The lowest BCUT2D eigenvalue weighted by Gasteiger charge is -2.28. The van der Waals surface area contributed by atoms with Crippen molar-refractivity contribution < 1.29 is 9.53 Å². The molecule has 0 aliphatic carbocycles. The molecule has 2 N–H and O–H groups in total. The molecule has 0 aromatic rings. The summed E-state index contributed by atoms with van der Waals surface area (Å²) in [6, 6.07) is -0.340. The summed E-state index contributed by atoms with van der Waals surface area (Å²) in [6.45, 7) is 7.73. The Labute approximate surface area is 85.4 Å². The van der Waals surface area contributed by atoms with Crippen molar-refractivity contribution in [3.63, 3.8) is 0 Å². The van der Waals surface area contributed by atoms with E-state index < -0.39 is 0 Å². The molecule has 0 aromatic carbocycles. The SMILES string of the molecule is CC(C)C(=O)C(N)CN1CCOCC1. The molecule has 1 heterocycles. The quantitative estimate of drug-likeness (QED) is 0.687. The van der Waals surface area contributed by atoms with Gasteiger partial charge in [-0.3, -0.25) is 9.69 Å². The average Bonchev–Trinajstić information content (AvgIpc) is 2.18. The highest BCUT2D eigenvalue weighted by Gasteiger charge is 2.20. The van der Waals surface area contributed by atoms with Crippen LogP contribution >= 0.6 is 0 Å². The van der Waals surface area contributed by atoms with Crippen molar-refractivity contribution in [2.75, 3.05) is 32.8 Å². The van der Waals surface area contributed by atoms with Crippen molar-refractivity contribution in [3.8, 4) is 0 Å². The van der Waals surface area contributed by atoms with E-state index in [9.17, 15) is 4.79 Å². The van der Waals surface area contributed by atoms with Crippen molar-refractivity contribution in [1.82, 2.24) is 4.90 Å². The molecular weight excluding hydrogens is 180 g/mol. The Hall–Kier alpha value is -0.450. The van der Waals surface area contributed by atoms with Crippen molar-refractivity contribution in [2.45, 2.75) is 19.9 Å². The zero-order valence-corrected chi connectivity index (χ0v) is 9.03. The normalized spacial score (nSPS) is 21.1. The molecule has 0 aromatic heterocycles. The van der Waals surface area contributed by atoms with E-state index >= 15 is 0 Å². The maximum absolute atomic E-state index is 11.5. The fourth-order valence-corrected chi connectivity index (χ4v) is 1.58. The Kier molecular flexibility index (Phi) is 4.51. The zero-order valence-electron chi connectivity index (χ0n) is 9.03. The second kappa shape index (κ2) is 5.44. The molecule has 0 spiro atoms. The van der Waals surface area contributed by atoms with Crippen LogP contribution in [0.1, 0.15) is 13.8 Å². The monoisotopic (exact) mass is 200 g/mol. The van der Waals surface area contributed by atoms with E-state index in [1.165, 1.54) is 0 Å². The van der Waals surface area contributed by atoms with Gasteiger partial charge in [0, 0.05) is 25.6 Å². The summed E-state index contributed by atoms with van der Waals surface area (Å²) < 4.78 is 5.22. The van der Waals surface area contributed by atoms with Gasteiger partial charge in [0.05, 0.1) is 19.3 Å². The molecule has 0 amide bonds. The number of nitrogens with zero attached hydrogens (tertiary/aromatic N) is 1. The molecule has 1 aliphatic rings. The number of nitrogens with two attached hydrogens (primary N) is 1. The van der Waals surface area contributed by atoms with Crippen LogP contribution < -0.4 is 5.73 Å². The number of ether oxygens (including phenoxy) is 1. The minimum Gasteiger partial charge on any atom is -0.379 e. The molecular formula is C10H20N2O2. The molecule has 4 heteroatoms. The molecule has 4 nitrogen and oxygen atoms in total. The molecule has 14 heavy (non-hydrogen) atoms. The highest BCUT2D eigenvalue weighted by molar-refractivity contribution is 5.85. The number of carbonyl (C=O) groups is 1. The number of ketones is 1. The van der Waals surface area contributed by atoms with Gasteiger partial charge in [0.1, 0.15) is 0 Å². The second-order valence-corrected chi connectivity index (χ2v) is 4.08. The first-order valence-electron chi connectivity index (χ1n) is 5.20. The van der Waals surface area contributed by atoms with Crippen molar-refractivity contribution in [2.24, 2.45) is 11.7 Å². The smallest absolute Gasteiger partial charge is 0.153 e. The summed E-state index contributed by atoms with van der Waals surface area (Å²) in [5.74, 6) is 0.183. The third-order valence-corrected chi connectivity index (χ3v) is 2.49. The maximum Gasteiger partial charge on any atom is 0.153 e. The number of hydrogen-bond acceptors (Lipinski definition) is 4. The predicted molar refractivity (Wildman–Crippen MR) is 55.1 cm³/mol. The van der Waals surface area contributed by atoms with Crippen molar-refractivity contribution in [1.29, 1.82) is 0 Å². The largest absolute Gasteiger partial charge is 0.379 e. The van der Waals surface area contributed by atoms with Crippen LogP contribution in [0.4, 0.5) is 0 Å². The first-order valence-corrected chi connectivity index (χ1v) is 5.20. The van der Waals surface area contributed by atoms with E-state index in [4.69, 9.17) is 10.5 Å². The van der Waals surface area contributed by atoms with Crippen LogP contribution in [-0.2, 0) is 9.53 Å². The van der Waals surface area contributed by atoms with Crippen LogP contribution in [0.25, 0.3) is 0 Å². The van der Waals surface area contributed by atoms with Gasteiger partial charge in [-0.2, -0.15) is 0 Å². The lowest BCUT2D eigenvalue weighted by molar-refractivity contribution is -0.123. The highest BCUT2D eigenvalue weighted by atomic mass is 16.5. The van der Waals surface area contributed by atoms with Gasteiger partial charge < -0.3 is 10.5 Å².